The first-order valence-corrected chi connectivity index (χ1v) is 8.33. The molecule has 2 N–H and O–H groups in total. The number of carbonyl (C=O) groups excluding carboxylic acids is 2. The molecule has 2 rings (SSSR count). The summed E-state index contributed by atoms with van der Waals surface area (Å²) in [5.41, 5.74) is -0.757. The monoisotopic (exact) mass is 337 g/mol. The number of piperidine rings is 1. The van der Waals surface area contributed by atoms with Gasteiger partial charge in [-0.2, -0.15) is 5.10 Å². The molecule has 24 heavy (non-hydrogen) atoms. The second-order valence-electron chi connectivity index (χ2n) is 6.06. The molecule has 0 saturated carbocycles. The van der Waals surface area contributed by atoms with Crippen molar-refractivity contribution in [3.8, 4) is 0 Å². The standard InChI is InChI=1S/C16H27N5O3/c1-4-14(22)21-10-6-16(7-11-21,15(23)17-8-12-24-3)18-13-5-9-20(2)19-13/h5,9H,4,6-8,10-12H2,1-3H3,(H,17,23)(H,18,19). The Morgan fingerprint density at radius 3 is 2.62 bits per heavy atom. The maximum absolute atomic E-state index is 12.8. The molecule has 2 amide bonds. The first kappa shape index (κ1) is 18.3. The van der Waals surface area contributed by atoms with Gasteiger partial charge in [0.05, 0.1) is 6.61 Å². The second kappa shape index (κ2) is 8.14. The van der Waals surface area contributed by atoms with Crippen molar-refractivity contribution in [3.63, 3.8) is 0 Å². The van der Waals surface area contributed by atoms with Crippen molar-refractivity contribution in [2.75, 3.05) is 38.7 Å². The number of likely N-dealkylation sites (tertiary alicyclic amines) is 1. The fourth-order valence-corrected chi connectivity index (χ4v) is 2.93. The highest BCUT2D eigenvalue weighted by atomic mass is 16.5. The van der Waals surface area contributed by atoms with Gasteiger partial charge in [0.1, 0.15) is 11.4 Å². The van der Waals surface area contributed by atoms with Crippen molar-refractivity contribution in [2.24, 2.45) is 7.05 Å². The lowest BCUT2D eigenvalue weighted by molar-refractivity contribution is -0.135. The van der Waals surface area contributed by atoms with Crippen molar-refractivity contribution in [3.05, 3.63) is 12.3 Å². The van der Waals surface area contributed by atoms with Crippen LogP contribution in [0, 0.1) is 0 Å². The summed E-state index contributed by atoms with van der Waals surface area (Å²) < 4.78 is 6.68. The van der Waals surface area contributed by atoms with Crippen LogP contribution in [0.1, 0.15) is 26.2 Å². The first-order chi connectivity index (χ1) is 11.5. The summed E-state index contributed by atoms with van der Waals surface area (Å²) in [7, 11) is 3.43. The Balaban J connectivity index is 2.10. The average Bonchev–Trinajstić information content (AvgIpc) is 2.99. The molecular formula is C16H27N5O3. The number of aryl methyl sites for hydroxylation is 1. The summed E-state index contributed by atoms with van der Waals surface area (Å²) in [6, 6.07) is 1.84. The van der Waals surface area contributed by atoms with E-state index in [2.05, 4.69) is 15.7 Å². The minimum absolute atomic E-state index is 0.0752. The van der Waals surface area contributed by atoms with E-state index in [0.717, 1.165) is 0 Å². The number of carbonyl (C=O) groups is 2. The van der Waals surface area contributed by atoms with E-state index in [1.807, 2.05) is 31.1 Å². The molecule has 8 heteroatoms. The Morgan fingerprint density at radius 2 is 2.08 bits per heavy atom. The van der Waals surface area contributed by atoms with E-state index in [0.29, 0.717) is 51.3 Å². The maximum atomic E-state index is 12.8. The molecule has 0 aliphatic carbocycles. The fourth-order valence-electron chi connectivity index (χ4n) is 2.93. The van der Waals surface area contributed by atoms with Gasteiger partial charge >= 0.3 is 0 Å². The molecule has 1 aromatic heterocycles. The number of methoxy groups -OCH3 is 1. The van der Waals surface area contributed by atoms with Crippen LogP contribution >= 0.6 is 0 Å². The quantitative estimate of drug-likeness (QED) is 0.702. The zero-order valence-corrected chi connectivity index (χ0v) is 14.7. The summed E-state index contributed by atoms with van der Waals surface area (Å²) in [6.07, 6.45) is 3.41. The van der Waals surface area contributed by atoms with E-state index in [1.54, 1.807) is 11.8 Å². The summed E-state index contributed by atoms with van der Waals surface area (Å²) in [5, 5.41) is 10.5. The molecule has 1 fully saturated rings. The van der Waals surface area contributed by atoms with E-state index in [1.165, 1.54) is 0 Å². The van der Waals surface area contributed by atoms with Crippen LogP contribution in [0.2, 0.25) is 0 Å². The number of aromatic nitrogens is 2. The summed E-state index contributed by atoms with van der Waals surface area (Å²) in [6.45, 7) is 3.90. The zero-order valence-electron chi connectivity index (χ0n) is 14.7. The molecule has 134 valence electrons. The molecule has 0 spiro atoms. The molecule has 0 atom stereocenters. The summed E-state index contributed by atoms with van der Waals surface area (Å²) in [5.74, 6) is 0.713. The SMILES string of the molecule is CCC(=O)N1CCC(Nc2ccn(C)n2)(C(=O)NCCOC)CC1. The van der Waals surface area contributed by atoms with Crippen molar-refractivity contribution < 1.29 is 14.3 Å². The van der Waals surface area contributed by atoms with Gasteiger partial charge in [-0.25, -0.2) is 0 Å². The van der Waals surface area contributed by atoms with Gasteiger partial charge in [-0.3, -0.25) is 14.3 Å². The normalized spacial score (nSPS) is 16.7. The van der Waals surface area contributed by atoms with E-state index in [9.17, 15) is 9.59 Å². The van der Waals surface area contributed by atoms with E-state index in [-0.39, 0.29) is 11.8 Å². The van der Waals surface area contributed by atoms with Crippen molar-refractivity contribution in [1.82, 2.24) is 20.0 Å². The third-order valence-corrected chi connectivity index (χ3v) is 4.38. The van der Waals surface area contributed by atoms with Gasteiger partial charge in [0.15, 0.2) is 0 Å². The summed E-state index contributed by atoms with van der Waals surface area (Å²) in [4.78, 5) is 26.5. The molecule has 0 radical (unpaired) electrons. The predicted molar refractivity (Wildman–Crippen MR) is 90.6 cm³/mol. The van der Waals surface area contributed by atoms with E-state index in [4.69, 9.17) is 4.74 Å². The lowest BCUT2D eigenvalue weighted by Crippen LogP contribution is -2.59. The third-order valence-electron chi connectivity index (χ3n) is 4.38. The number of hydrogen-bond acceptors (Lipinski definition) is 5. The lowest BCUT2D eigenvalue weighted by atomic mass is 9.86. The Morgan fingerprint density at radius 1 is 1.38 bits per heavy atom. The molecule has 1 aromatic rings. The number of ether oxygens (including phenoxy) is 1. The Labute approximate surface area is 142 Å². The number of amides is 2. The molecular weight excluding hydrogens is 310 g/mol. The maximum Gasteiger partial charge on any atom is 0.245 e. The van der Waals surface area contributed by atoms with Gasteiger partial charge in [-0.15, -0.1) is 0 Å². The highest BCUT2D eigenvalue weighted by molar-refractivity contribution is 5.89. The summed E-state index contributed by atoms with van der Waals surface area (Å²) >= 11 is 0. The Kier molecular flexibility index (Phi) is 6.19. The van der Waals surface area contributed by atoms with Crippen molar-refractivity contribution in [1.29, 1.82) is 0 Å². The highest BCUT2D eigenvalue weighted by Crippen LogP contribution is 2.27. The van der Waals surface area contributed by atoms with Gasteiger partial charge < -0.3 is 20.3 Å². The highest BCUT2D eigenvalue weighted by Gasteiger charge is 2.42. The van der Waals surface area contributed by atoms with Crippen LogP contribution in [0.15, 0.2) is 12.3 Å². The molecule has 1 aliphatic heterocycles. The van der Waals surface area contributed by atoms with Gasteiger partial charge in [0.2, 0.25) is 11.8 Å². The van der Waals surface area contributed by atoms with Crippen LogP contribution in [0.4, 0.5) is 5.82 Å². The predicted octanol–water partition coefficient (Wildman–Crippen LogP) is 0.366. The van der Waals surface area contributed by atoms with E-state index >= 15 is 0 Å². The molecule has 0 bridgehead atoms. The number of nitrogens with one attached hydrogen (secondary N) is 2. The van der Waals surface area contributed by atoms with E-state index < -0.39 is 5.54 Å². The number of rotatable bonds is 7. The molecule has 0 unspecified atom stereocenters. The number of nitrogens with zero attached hydrogens (tertiary/aromatic N) is 3. The number of hydrogen-bond donors (Lipinski definition) is 2. The van der Waals surface area contributed by atoms with Crippen LogP contribution in [-0.4, -0.2) is 65.4 Å². The largest absolute Gasteiger partial charge is 0.383 e. The molecule has 1 aliphatic rings. The first-order valence-electron chi connectivity index (χ1n) is 8.33. The second-order valence-corrected chi connectivity index (χ2v) is 6.06. The molecule has 1 saturated heterocycles. The smallest absolute Gasteiger partial charge is 0.245 e. The van der Waals surface area contributed by atoms with Crippen LogP contribution < -0.4 is 10.6 Å². The number of anilines is 1. The zero-order chi connectivity index (χ0) is 17.6. The molecule has 2 heterocycles. The van der Waals surface area contributed by atoms with Gasteiger partial charge in [-0.05, 0) is 12.8 Å². The molecule has 8 nitrogen and oxygen atoms in total. The van der Waals surface area contributed by atoms with Gasteiger partial charge in [0, 0.05) is 52.5 Å². The fraction of sp³-hybridized carbons (Fsp3) is 0.688. The Bertz CT molecular complexity index is 564. The van der Waals surface area contributed by atoms with Crippen LogP contribution in [-0.2, 0) is 21.4 Å². The van der Waals surface area contributed by atoms with Crippen molar-refractivity contribution in [2.45, 2.75) is 31.7 Å². The Hall–Kier alpha value is -2.09. The van der Waals surface area contributed by atoms with Crippen LogP contribution in [0.3, 0.4) is 0 Å². The average molecular weight is 337 g/mol. The van der Waals surface area contributed by atoms with Crippen LogP contribution in [0.25, 0.3) is 0 Å². The van der Waals surface area contributed by atoms with Gasteiger partial charge in [0.25, 0.3) is 0 Å². The van der Waals surface area contributed by atoms with Gasteiger partial charge in [-0.1, -0.05) is 6.92 Å². The minimum Gasteiger partial charge on any atom is -0.383 e. The van der Waals surface area contributed by atoms with Crippen LogP contribution in [0.5, 0.6) is 0 Å². The molecule has 0 aromatic carbocycles. The minimum atomic E-state index is -0.757. The topological polar surface area (TPSA) is 88.5 Å². The third kappa shape index (κ3) is 4.25. The van der Waals surface area contributed by atoms with Crippen molar-refractivity contribution >= 4 is 17.6 Å². The lowest BCUT2D eigenvalue weighted by Gasteiger charge is -2.41.